The number of phenolic OH excluding ortho intramolecular Hbond substituents is 1. The number of amides is 1. The van der Waals surface area contributed by atoms with Gasteiger partial charge in [-0.05, 0) is 46.9 Å². The fourth-order valence-corrected chi connectivity index (χ4v) is 4.06. The van der Waals surface area contributed by atoms with Gasteiger partial charge in [0.1, 0.15) is 17.9 Å². The van der Waals surface area contributed by atoms with Crippen LogP contribution < -0.4 is 5.32 Å². The minimum Gasteiger partial charge on any atom is -0.508 e. The van der Waals surface area contributed by atoms with Crippen molar-refractivity contribution in [2.75, 3.05) is 6.61 Å². The van der Waals surface area contributed by atoms with E-state index in [0.717, 1.165) is 22.3 Å². The molecular formula is C25H23NO5. The van der Waals surface area contributed by atoms with Crippen LogP contribution in [0.2, 0.25) is 0 Å². The largest absolute Gasteiger partial charge is 0.508 e. The highest BCUT2D eigenvalue weighted by atomic mass is 16.5. The summed E-state index contributed by atoms with van der Waals surface area (Å²) in [6, 6.07) is 22.2. The van der Waals surface area contributed by atoms with Crippen molar-refractivity contribution in [2.24, 2.45) is 0 Å². The Bertz CT molecular complexity index is 1080. The van der Waals surface area contributed by atoms with Gasteiger partial charge < -0.3 is 20.3 Å². The number of carboxylic acids is 1. The van der Waals surface area contributed by atoms with Gasteiger partial charge in [0.25, 0.3) is 0 Å². The molecule has 3 aromatic rings. The summed E-state index contributed by atoms with van der Waals surface area (Å²) in [5.41, 5.74) is 3.52. The van der Waals surface area contributed by atoms with Gasteiger partial charge in [0.15, 0.2) is 0 Å². The number of alkyl carbamates (subject to hydrolysis) is 1. The summed E-state index contributed by atoms with van der Waals surface area (Å²) >= 11 is 0. The Hall–Kier alpha value is -3.80. The van der Waals surface area contributed by atoms with E-state index in [1.54, 1.807) is 12.1 Å². The van der Waals surface area contributed by atoms with Crippen molar-refractivity contribution in [1.82, 2.24) is 5.32 Å². The molecule has 3 N–H and O–H groups in total. The molecule has 0 saturated carbocycles. The van der Waals surface area contributed by atoms with Crippen molar-refractivity contribution in [1.29, 1.82) is 0 Å². The maximum atomic E-state index is 12.6. The Morgan fingerprint density at radius 3 is 2.03 bits per heavy atom. The Kier molecular flexibility index (Phi) is 5.38. The predicted molar refractivity (Wildman–Crippen MR) is 116 cm³/mol. The minimum atomic E-state index is -1.56. The first-order chi connectivity index (χ1) is 14.9. The first kappa shape index (κ1) is 20.5. The lowest BCUT2D eigenvalue weighted by molar-refractivity contribution is -0.143. The second-order valence-corrected chi connectivity index (χ2v) is 7.93. The van der Waals surface area contributed by atoms with Gasteiger partial charge in [-0.2, -0.15) is 0 Å². The number of phenols is 1. The van der Waals surface area contributed by atoms with Crippen LogP contribution in [0.15, 0.2) is 72.8 Å². The third-order valence-electron chi connectivity index (χ3n) is 5.69. The normalized spacial score (nSPS) is 14.2. The van der Waals surface area contributed by atoms with Crippen LogP contribution in [0, 0.1) is 0 Å². The molecule has 4 rings (SSSR count). The van der Waals surface area contributed by atoms with E-state index in [-0.39, 0.29) is 24.7 Å². The average molecular weight is 417 g/mol. The molecule has 1 aliphatic rings. The summed E-state index contributed by atoms with van der Waals surface area (Å²) in [6.07, 6.45) is -0.738. The summed E-state index contributed by atoms with van der Waals surface area (Å²) in [6.45, 7) is 1.54. The highest BCUT2D eigenvalue weighted by molar-refractivity contribution is 5.84. The third kappa shape index (κ3) is 4.10. The van der Waals surface area contributed by atoms with Crippen LogP contribution >= 0.6 is 0 Å². The Balaban J connectivity index is 1.47. The van der Waals surface area contributed by atoms with Crippen LogP contribution in [0.4, 0.5) is 4.79 Å². The molecule has 0 saturated heterocycles. The standard InChI is InChI=1S/C25H23NO5/c1-25(23(28)29,14-16-10-12-17(27)13-11-16)26-24(30)31-15-22-20-8-4-2-6-18(20)19-7-3-5-9-21(19)22/h2-13,22,27H,14-15H2,1H3,(H,26,30)(H,28,29)/t25-/m0/s1. The van der Waals surface area contributed by atoms with Gasteiger partial charge in [-0.25, -0.2) is 9.59 Å². The van der Waals surface area contributed by atoms with Crippen molar-refractivity contribution in [3.05, 3.63) is 89.5 Å². The number of aliphatic carboxylic acids is 1. The number of hydrogen-bond donors (Lipinski definition) is 3. The van der Waals surface area contributed by atoms with Crippen molar-refractivity contribution in [3.63, 3.8) is 0 Å². The van der Waals surface area contributed by atoms with E-state index in [2.05, 4.69) is 5.32 Å². The molecule has 0 radical (unpaired) electrons. The van der Waals surface area contributed by atoms with E-state index < -0.39 is 17.6 Å². The molecule has 1 aliphatic carbocycles. The molecule has 6 nitrogen and oxygen atoms in total. The second-order valence-electron chi connectivity index (χ2n) is 7.93. The number of benzene rings is 3. The summed E-state index contributed by atoms with van der Waals surface area (Å²) in [4.78, 5) is 24.4. The van der Waals surface area contributed by atoms with Crippen LogP contribution in [0.25, 0.3) is 11.1 Å². The molecule has 0 spiro atoms. The highest BCUT2D eigenvalue weighted by Gasteiger charge is 2.36. The van der Waals surface area contributed by atoms with Crippen LogP contribution in [0.3, 0.4) is 0 Å². The smallest absolute Gasteiger partial charge is 0.408 e. The van der Waals surface area contributed by atoms with Gasteiger partial charge in [0.05, 0.1) is 0 Å². The minimum absolute atomic E-state index is 0.0484. The number of ether oxygens (including phenoxy) is 1. The van der Waals surface area contributed by atoms with Gasteiger partial charge in [-0.1, -0.05) is 60.7 Å². The molecular weight excluding hydrogens is 394 g/mol. The lowest BCUT2D eigenvalue weighted by Gasteiger charge is -2.26. The topological polar surface area (TPSA) is 95.9 Å². The number of nitrogens with one attached hydrogen (secondary N) is 1. The monoisotopic (exact) mass is 417 g/mol. The van der Waals surface area contributed by atoms with Gasteiger partial charge >= 0.3 is 12.1 Å². The second kappa shape index (κ2) is 8.14. The fourth-order valence-electron chi connectivity index (χ4n) is 4.06. The molecule has 0 heterocycles. The molecule has 0 aromatic heterocycles. The zero-order valence-corrected chi connectivity index (χ0v) is 17.0. The van der Waals surface area contributed by atoms with Gasteiger partial charge in [-0.3, -0.25) is 0 Å². The Morgan fingerprint density at radius 1 is 0.935 bits per heavy atom. The summed E-state index contributed by atoms with van der Waals surface area (Å²) in [7, 11) is 0. The number of hydrogen-bond acceptors (Lipinski definition) is 4. The SMILES string of the molecule is C[C@@](Cc1ccc(O)cc1)(NC(=O)OCC1c2ccccc2-c2ccccc21)C(=O)O. The lowest BCUT2D eigenvalue weighted by Crippen LogP contribution is -2.54. The first-order valence-electron chi connectivity index (χ1n) is 10.0. The maximum absolute atomic E-state index is 12.6. The number of aromatic hydroxyl groups is 1. The van der Waals surface area contributed by atoms with E-state index >= 15 is 0 Å². The fraction of sp³-hybridized carbons (Fsp3) is 0.200. The molecule has 1 amide bonds. The maximum Gasteiger partial charge on any atom is 0.408 e. The molecule has 1 atom stereocenters. The van der Waals surface area contributed by atoms with E-state index in [4.69, 9.17) is 4.74 Å². The first-order valence-corrected chi connectivity index (χ1v) is 10.0. The zero-order chi connectivity index (χ0) is 22.0. The van der Waals surface area contributed by atoms with Crippen molar-refractivity contribution >= 4 is 12.1 Å². The van der Waals surface area contributed by atoms with E-state index in [0.29, 0.717) is 5.56 Å². The molecule has 6 heteroatoms. The van der Waals surface area contributed by atoms with E-state index in [1.165, 1.54) is 19.1 Å². The number of carbonyl (C=O) groups excluding carboxylic acids is 1. The molecule has 3 aromatic carbocycles. The predicted octanol–water partition coefficient (Wildman–Crippen LogP) is 4.32. The third-order valence-corrected chi connectivity index (χ3v) is 5.69. The molecule has 158 valence electrons. The quantitative estimate of drug-likeness (QED) is 0.555. The molecule has 31 heavy (non-hydrogen) atoms. The van der Waals surface area contributed by atoms with Crippen LogP contribution in [-0.2, 0) is 16.0 Å². The average Bonchev–Trinajstić information content (AvgIpc) is 3.08. The molecule has 0 aliphatic heterocycles. The summed E-state index contributed by atoms with van der Waals surface area (Å²) < 4.78 is 5.49. The number of rotatable bonds is 6. The summed E-state index contributed by atoms with van der Waals surface area (Å²) in [5, 5.41) is 21.6. The number of fused-ring (bicyclic) bond motifs is 3. The number of carboxylic acid groups (broad SMARTS) is 1. The van der Waals surface area contributed by atoms with Crippen molar-refractivity contribution in [3.8, 4) is 16.9 Å². The van der Waals surface area contributed by atoms with E-state index in [1.807, 2.05) is 48.5 Å². The highest BCUT2D eigenvalue weighted by Crippen LogP contribution is 2.44. The van der Waals surface area contributed by atoms with Gasteiger partial charge in [-0.15, -0.1) is 0 Å². The van der Waals surface area contributed by atoms with Crippen LogP contribution in [-0.4, -0.2) is 34.4 Å². The Labute approximate surface area is 180 Å². The molecule has 0 fully saturated rings. The lowest BCUT2D eigenvalue weighted by atomic mass is 9.93. The van der Waals surface area contributed by atoms with Crippen LogP contribution in [0.1, 0.15) is 29.5 Å². The van der Waals surface area contributed by atoms with Crippen molar-refractivity contribution in [2.45, 2.75) is 24.8 Å². The van der Waals surface area contributed by atoms with Crippen molar-refractivity contribution < 1.29 is 24.5 Å². The van der Waals surface area contributed by atoms with E-state index in [9.17, 15) is 19.8 Å². The molecule has 0 unspecified atom stereocenters. The van der Waals surface area contributed by atoms with Gasteiger partial charge in [0, 0.05) is 12.3 Å². The Morgan fingerprint density at radius 2 is 1.48 bits per heavy atom. The molecule has 0 bridgehead atoms. The zero-order valence-electron chi connectivity index (χ0n) is 17.0. The van der Waals surface area contributed by atoms with Crippen LogP contribution in [0.5, 0.6) is 5.75 Å². The summed E-state index contributed by atoms with van der Waals surface area (Å²) in [5.74, 6) is -1.19. The van der Waals surface area contributed by atoms with Gasteiger partial charge in [0.2, 0.25) is 0 Å². The number of carbonyl (C=O) groups is 2.